The monoisotopic (exact) mass is 285 g/mol. The number of hydrogen-bond donors (Lipinski definition) is 1. The standard InChI is InChI=1S/C16H16ClN3/c1-11(9-18)16-15(12-5-3-2-4-6-12)19-14-8-7-13(17)10-20(14)16/h2-8,10-11H,9,18H2,1H3. The highest BCUT2D eigenvalue weighted by Gasteiger charge is 2.18. The number of fused-ring (bicyclic) bond motifs is 1. The van der Waals surface area contributed by atoms with Crippen LogP contribution in [0.5, 0.6) is 0 Å². The number of halogens is 1. The van der Waals surface area contributed by atoms with E-state index in [4.69, 9.17) is 22.3 Å². The van der Waals surface area contributed by atoms with E-state index in [1.165, 1.54) is 0 Å². The molecule has 0 saturated carbocycles. The van der Waals surface area contributed by atoms with E-state index in [0.29, 0.717) is 11.6 Å². The molecule has 1 unspecified atom stereocenters. The minimum absolute atomic E-state index is 0.207. The van der Waals surface area contributed by atoms with Gasteiger partial charge in [-0.3, -0.25) is 0 Å². The predicted octanol–water partition coefficient (Wildman–Crippen LogP) is 3.72. The Labute approximate surface area is 123 Å². The van der Waals surface area contributed by atoms with E-state index in [1.807, 2.05) is 40.9 Å². The third-order valence-corrected chi connectivity index (χ3v) is 3.71. The average Bonchev–Trinajstić information content (AvgIpc) is 2.86. The lowest BCUT2D eigenvalue weighted by atomic mass is 10.0. The second kappa shape index (κ2) is 5.27. The molecule has 3 aromatic rings. The maximum absolute atomic E-state index is 6.11. The van der Waals surface area contributed by atoms with Gasteiger partial charge in [0.15, 0.2) is 0 Å². The average molecular weight is 286 g/mol. The first-order valence-corrected chi connectivity index (χ1v) is 7.01. The van der Waals surface area contributed by atoms with Gasteiger partial charge in [0.2, 0.25) is 0 Å². The highest BCUT2D eigenvalue weighted by atomic mass is 35.5. The number of imidazole rings is 1. The fourth-order valence-electron chi connectivity index (χ4n) is 2.43. The summed E-state index contributed by atoms with van der Waals surface area (Å²) in [6.45, 7) is 2.68. The van der Waals surface area contributed by atoms with E-state index in [-0.39, 0.29) is 5.92 Å². The Morgan fingerprint density at radius 2 is 1.95 bits per heavy atom. The van der Waals surface area contributed by atoms with Crippen molar-refractivity contribution in [3.8, 4) is 11.3 Å². The van der Waals surface area contributed by atoms with Gasteiger partial charge in [-0.2, -0.15) is 0 Å². The molecule has 0 amide bonds. The van der Waals surface area contributed by atoms with Crippen molar-refractivity contribution < 1.29 is 0 Å². The van der Waals surface area contributed by atoms with Crippen LogP contribution in [0.3, 0.4) is 0 Å². The summed E-state index contributed by atoms with van der Waals surface area (Å²) in [6, 6.07) is 14.0. The quantitative estimate of drug-likeness (QED) is 0.797. The molecular weight excluding hydrogens is 270 g/mol. The zero-order valence-electron chi connectivity index (χ0n) is 11.3. The van der Waals surface area contributed by atoms with E-state index >= 15 is 0 Å². The van der Waals surface area contributed by atoms with Crippen LogP contribution in [0.15, 0.2) is 48.7 Å². The molecule has 0 saturated heterocycles. The minimum atomic E-state index is 0.207. The predicted molar refractivity (Wildman–Crippen MR) is 83.1 cm³/mol. The van der Waals surface area contributed by atoms with Crippen molar-refractivity contribution in [3.05, 3.63) is 59.4 Å². The number of hydrogen-bond acceptors (Lipinski definition) is 2. The summed E-state index contributed by atoms with van der Waals surface area (Å²) in [5, 5.41) is 0.694. The Kier molecular flexibility index (Phi) is 3.47. The molecule has 0 aliphatic carbocycles. The van der Waals surface area contributed by atoms with Crippen molar-refractivity contribution in [2.75, 3.05) is 6.54 Å². The maximum Gasteiger partial charge on any atom is 0.137 e. The van der Waals surface area contributed by atoms with Crippen molar-refractivity contribution in [1.82, 2.24) is 9.38 Å². The lowest BCUT2D eigenvalue weighted by molar-refractivity contribution is 0.738. The van der Waals surface area contributed by atoms with Crippen LogP contribution in [0.4, 0.5) is 0 Å². The summed E-state index contributed by atoms with van der Waals surface area (Å²) in [7, 11) is 0. The van der Waals surface area contributed by atoms with Crippen LogP contribution >= 0.6 is 11.6 Å². The topological polar surface area (TPSA) is 43.3 Å². The lowest BCUT2D eigenvalue weighted by Gasteiger charge is -2.11. The zero-order chi connectivity index (χ0) is 14.1. The zero-order valence-corrected chi connectivity index (χ0v) is 12.0. The molecule has 3 rings (SSSR count). The van der Waals surface area contributed by atoms with E-state index in [0.717, 1.165) is 22.6 Å². The smallest absolute Gasteiger partial charge is 0.137 e. The minimum Gasteiger partial charge on any atom is -0.330 e. The third-order valence-electron chi connectivity index (χ3n) is 3.49. The first-order chi connectivity index (χ1) is 9.70. The Bertz CT molecular complexity index is 734. The normalized spacial score (nSPS) is 12.8. The van der Waals surface area contributed by atoms with Gasteiger partial charge < -0.3 is 10.1 Å². The van der Waals surface area contributed by atoms with Gasteiger partial charge in [0.05, 0.1) is 16.4 Å². The van der Waals surface area contributed by atoms with Crippen molar-refractivity contribution in [2.24, 2.45) is 5.73 Å². The highest BCUT2D eigenvalue weighted by molar-refractivity contribution is 6.30. The molecule has 0 aliphatic heterocycles. The molecule has 1 atom stereocenters. The number of rotatable bonds is 3. The van der Waals surface area contributed by atoms with Crippen LogP contribution in [0.1, 0.15) is 18.5 Å². The third kappa shape index (κ3) is 2.19. The fourth-order valence-corrected chi connectivity index (χ4v) is 2.59. The number of benzene rings is 1. The Balaban J connectivity index is 2.31. The summed E-state index contributed by atoms with van der Waals surface area (Å²) in [5.74, 6) is 0.207. The second-order valence-corrected chi connectivity index (χ2v) is 5.36. The van der Waals surface area contributed by atoms with E-state index in [9.17, 15) is 0 Å². The van der Waals surface area contributed by atoms with Gasteiger partial charge in [-0.1, -0.05) is 48.9 Å². The molecule has 102 valence electrons. The molecule has 0 radical (unpaired) electrons. The lowest BCUT2D eigenvalue weighted by Crippen LogP contribution is -2.12. The summed E-state index contributed by atoms with van der Waals surface area (Å²) in [4.78, 5) is 4.74. The van der Waals surface area contributed by atoms with Crippen LogP contribution in [0.25, 0.3) is 16.9 Å². The molecule has 3 nitrogen and oxygen atoms in total. The molecule has 1 aromatic carbocycles. The SMILES string of the molecule is CC(CN)c1c(-c2ccccc2)nc2ccc(Cl)cn12. The molecule has 20 heavy (non-hydrogen) atoms. The number of nitrogens with zero attached hydrogens (tertiary/aromatic N) is 2. The van der Waals surface area contributed by atoms with Crippen LogP contribution in [-0.4, -0.2) is 15.9 Å². The highest BCUT2D eigenvalue weighted by Crippen LogP contribution is 2.30. The van der Waals surface area contributed by atoms with Gasteiger partial charge in [-0.05, 0) is 12.1 Å². The van der Waals surface area contributed by atoms with E-state index in [2.05, 4.69) is 19.1 Å². The van der Waals surface area contributed by atoms with Crippen LogP contribution in [-0.2, 0) is 0 Å². The molecule has 2 heterocycles. The van der Waals surface area contributed by atoms with E-state index in [1.54, 1.807) is 0 Å². The van der Waals surface area contributed by atoms with Crippen molar-refractivity contribution in [2.45, 2.75) is 12.8 Å². The van der Waals surface area contributed by atoms with Crippen molar-refractivity contribution in [3.63, 3.8) is 0 Å². The molecule has 2 N–H and O–H groups in total. The van der Waals surface area contributed by atoms with Crippen LogP contribution < -0.4 is 5.73 Å². The maximum atomic E-state index is 6.11. The fraction of sp³-hybridized carbons (Fsp3) is 0.188. The molecular formula is C16H16ClN3. The summed E-state index contributed by atoms with van der Waals surface area (Å²) >= 11 is 6.11. The van der Waals surface area contributed by atoms with Crippen molar-refractivity contribution in [1.29, 1.82) is 0 Å². The number of nitrogens with two attached hydrogens (primary N) is 1. The Morgan fingerprint density at radius 1 is 1.20 bits per heavy atom. The molecule has 0 fully saturated rings. The molecule has 4 heteroatoms. The van der Waals surface area contributed by atoms with E-state index < -0.39 is 0 Å². The summed E-state index contributed by atoms with van der Waals surface area (Å²) < 4.78 is 2.04. The Morgan fingerprint density at radius 3 is 2.65 bits per heavy atom. The number of pyridine rings is 1. The van der Waals surface area contributed by atoms with Gasteiger partial charge in [0.1, 0.15) is 5.65 Å². The van der Waals surface area contributed by atoms with Gasteiger partial charge in [0.25, 0.3) is 0 Å². The van der Waals surface area contributed by atoms with Gasteiger partial charge >= 0.3 is 0 Å². The van der Waals surface area contributed by atoms with Gasteiger partial charge in [-0.15, -0.1) is 0 Å². The van der Waals surface area contributed by atoms with Gasteiger partial charge in [-0.25, -0.2) is 4.98 Å². The molecule has 0 spiro atoms. The first-order valence-electron chi connectivity index (χ1n) is 6.63. The largest absolute Gasteiger partial charge is 0.330 e. The molecule has 0 aliphatic rings. The molecule has 0 bridgehead atoms. The van der Waals surface area contributed by atoms with Crippen LogP contribution in [0, 0.1) is 0 Å². The number of aromatic nitrogens is 2. The first kappa shape index (κ1) is 13.2. The summed E-state index contributed by atoms with van der Waals surface area (Å²) in [6.07, 6.45) is 1.90. The Hall–Kier alpha value is -1.84. The van der Waals surface area contributed by atoms with Gasteiger partial charge in [0, 0.05) is 24.2 Å². The van der Waals surface area contributed by atoms with Crippen LogP contribution in [0.2, 0.25) is 5.02 Å². The molecule has 2 aromatic heterocycles. The van der Waals surface area contributed by atoms with Crippen molar-refractivity contribution >= 4 is 17.2 Å². The summed E-state index contributed by atoms with van der Waals surface area (Å²) in [5.41, 5.74) is 9.94. The second-order valence-electron chi connectivity index (χ2n) is 4.92.